The number of anilines is 1. The average Bonchev–Trinajstić information content (AvgIpc) is 3.34. The molecule has 3 aromatic rings. The molecule has 0 aliphatic carbocycles. The summed E-state index contributed by atoms with van der Waals surface area (Å²) >= 11 is 0. The normalized spacial score (nSPS) is 14.3. The highest BCUT2D eigenvalue weighted by molar-refractivity contribution is 5.95. The molecule has 4 rings (SSSR count). The van der Waals surface area contributed by atoms with Crippen LogP contribution in [0.25, 0.3) is 22.5 Å². The summed E-state index contributed by atoms with van der Waals surface area (Å²) in [7, 11) is 2.92. The Morgan fingerprint density at radius 3 is 2.50 bits per heavy atom. The largest absolute Gasteiger partial charge is 0.497 e. The number of hydrogen-bond acceptors (Lipinski definition) is 6. The number of carbonyl (C=O) groups excluding carboxylic acids is 1. The number of ether oxygens (including phenoxy) is 2. The number of halogens is 1. The number of tetrazole rings is 1. The molecule has 2 amide bonds. The molecule has 168 valence electrons. The van der Waals surface area contributed by atoms with Crippen LogP contribution in [0.5, 0.6) is 11.5 Å². The van der Waals surface area contributed by atoms with Gasteiger partial charge in [-0.05, 0) is 47.7 Å². The van der Waals surface area contributed by atoms with Crippen LogP contribution >= 0.6 is 0 Å². The number of H-pyrrole nitrogens is 1. The van der Waals surface area contributed by atoms with Gasteiger partial charge in [-0.3, -0.25) is 0 Å². The summed E-state index contributed by atoms with van der Waals surface area (Å²) in [6.07, 6.45) is 1.87. The molecule has 32 heavy (non-hydrogen) atoms. The van der Waals surface area contributed by atoms with Crippen molar-refractivity contribution in [2.24, 2.45) is 5.92 Å². The molecule has 10 heteroatoms. The number of benzene rings is 2. The van der Waals surface area contributed by atoms with Crippen LogP contribution in [0.4, 0.5) is 14.9 Å². The Morgan fingerprint density at radius 2 is 1.91 bits per heavy atom. The molecule has 0 spiro atoms. The molecule has 1 aliphatic heterocycles. The lowest BCUT2D eigenvalue weighted by molar-refractivity contribution is 0.186. The predicted molar refractivity (Wildman–Crippen MR) is 117 cm³/mol. The van der Waals surface area contributed by atoms with Gasteiger partial charge >= 0.3 is 6.03 Å². The van der Waals surface area contributed by atoms with Crippen LogP contribution in [-0.2, 0) is 0 Å². The first-order valence-corrected chi connectivity index (χ1v) is 10.4. The summed E-state index contributed by atoms with van der Waals surface area (Å²) < 4.78 is 26.4. The van der Waals surface area contributed by atoms with Crippen LogP contribution in [0, 0.1) is 11.7 Å². The molecular formula is C22H25FN6O3. The molecule has 2 heterocycles. The third-order valence-electron chi connectivity index (χ3n) is 5.70. The Kier molecular flexibility index (Phi) is 6.20. The molecule has 9 nitrogen and oxygen atoms in total. The highest BCUT2D eigenvalue weighted by atomic mass is 19.1. The molecule has 0 radical (unpaired) electrons. The molecule has 1 aliphatic rings. The number of carbonyl (C=O) groups is 1. The van der Waals surface area contributed by atoms with E-state index in [1.807, 2.05) is 0 Å². The number of hydrogen-bond donors (Lipinski definition) is 2. The van der Waals surface area contributed by atoms with Gasteiger partial charge in [0.15, 0.2) is 11.6 Å². The zero-order valence-electron chi connectivity index (χ0n) is 18.2. The summed E-state index contributed by atoms with van der Waals surface area (Å²) in [5.41, 5.74) is 1.37. The molecule has 0 bridgehead atoms. The molecule has 0 saturated carbocycles. The number of nitrogens with zero attached hydrogens (tertiary/aromatic N) is 4. The van der Waals surface area contributed by atoms with Gasteiger partial charge in [0.05, 0.1) is 19.9 Å². The molecule has 0 atom stereocenters. The van der Waals surface area contributed by atoms with Crippen molar-refractivity contribution in [1.82, 2.24) is 25.5 Å². The first kappa shape index (κ1) is 21.5. The molecule has 1 aromatic heterocycles. The van der Waals surface area contributed by atoms with E-state index < -0.39 is 5.82 Å². The minimum atomic E-state index is -0.637. The van der Waals surface area contributed by atoms with Crippen molar-refractivity contribution in [3.63, 3.8) is 0 Å². The number of aromatic nitrogens is 4. The molecule has 1 saturated heterocycles. The summed E-state index contributed by atoms with van der Waals surface area (Å²) in [4.78, 5) is 14.6. The van der Waals surface area contributed by atoms with Crippen LogP contribution in [0.1, 0.15) is 19.8 Å². The number of methoxy groups -OCH3 is 2. The van der Waals surface area contributed by atoms with Crippen LogP contribution in [-0.4, -0.2) is 58.9 Å². The number of nitrogens with one attached hydrogen (secondary N) is 2. The van der Waals surface area contributed by atoms with Gasteiger partial charge in [-0.1, -0.05) is 19.1 Å². The molecular weight excluding hydrogens is 415 g/mol. The number of urea groups is 1. The fourth-order valence-corrected chi connectivity index (χ4v) is 3.82. The summed E-state index contributed by atoms with van der Waals surface area (Å²) in [5, 5.41) is 16.8. The van der Waals surface area contributed by atoms with E-state index in [4.69, 9.17) is 9.47 Å². The van der Waals surface area contributed by atoms with Gasteiger partial charge in [-0.15, -0.1) is 10.2 Å². The Bertz CT molecular complexity index is 1080. The van der Waals surface area contributed by atoms with Crippen molar-refractivity contribution in [1.29, 1.82) is 0 Å². The lowest BCUT2D eigenvalue weighted by Gasteiger charge is -2.30. The number of piperidine rings is 1. The van der Waals surface area contributed by atoms with Crippen molar-refractivity contribution in [3.05, 3.63) is 36.1 Å². The van der Waals surface area contributed by atoms with Crippen molar-refractivity contribution in [3.8, 4) is 34.0 Å². The molecule has 2 N–H and O–H groups in total. The minimum Gasteiger partial charge on any atom is -0.497 e. The zero-order valence-corrected chi connectivity index (χ0v) is 18.2. The Balaban J connectivity index is 1.77. The van der Waals surface area contributed by atoms with E-state index in [0.29, 0.717) is 35.9 Å². The van der Waals surface area contributed by atoms with Crippen molar-refractivity contribution >= 4 is 11.7 Å². The van der Waals surface area contributed by atoms with Crippen LogP contribution < -0.4 is 14.8 Å². The van der Waals surface area contributed by atoms with Gasteiger partial charge in [-0.2, -0.15) is 5.21 Å². The van der Waals surface area contributed by atoms with E-state index in [1.165, 1.54) is 7.11 Å². The molecule has 1 fully saturated rings. The number of rotatable bonds is 5. The number of likely N-dealkylation sites (tertiary alicyclic amines) is 1. The minimum absolute atomic E-state index is 0.0678. The van der Waals surface area contributed by atoms with E-state index in [2.05, 4.69) is 32.9 Å². The second-order valence-corrected chi connectivity index (χ2v) is 7.76. The maximum atomic E-state index is 15.8. The quantitative estimate of drug-likeness (QED) is 0.622. The fraction of sp³-hybridized carbons (Fsp3) is 0.364. The summed E-state index contributed by atoms with van der Waals surface area (Å²) in [5.74, 6) is 0.714. The standard InChI is InChI=1S/C22H25FN6O3/c1-13-8-10-29(11-9-13)22(30)24-17-12-16(21-25-27-28-26-21)18(19(23)20(17)32-3)14-4-6-15(31-2)7-5-14/h4-7,12-13H,8-11H2,1-3H3,(H,24,30)(H,25,26,27,28). The Hall–Kier alpha value is -3.69. The highest BCUT2D eigenvalue weighted by Crippen LogP contribution is 2.42. The van der Waals surface area contributed by atoms with Crippen molar-refractivity contribution < 1.29 is 18.7 Å². The van der Waals surface area contributed by atoms with Gasteiger partial charge in [-0.25, -0.2) is 9.18 Å². The SMILES string of the molecule is COc1ccc(-c2c(-c3nn[nH]n3)cc(NC(=O)N3CCC(C)CC3)c(OC)c2F)cc1. The predicted octanol–water partition coefficient (Wildman–Crippen LogP) is 3.95. The van der Waals surface area contributed by atoms with Gasteiger partial charge in [0.1, 0.15) is 5.75 Å². The Labute approximate surface area is 184 Å². The average molecular weight is 440 g/mol. The lowest BCUT2D eigenvalue weighted by Crippen LogP contribution is -2.40. The van der Waals surface area contributed by atoms with E-state index in [1.54, 1.807) is 42.3 Å². The highest BCUT2D eigenvalue weighted by Gasteiger charge is 2.26. The van der Waals surface area contributed by atoms with E-state index in [0.717, 1.165) is 12.8 Å². The third kappa shape index (κ3) is 4.20. The van der Waals surface area contributed by atoms with E-state index >= 15 is 4.39 Å². The monoisotopic (exact) mass is 440 g/mol. The Morgan fingerprint density at radius 1 is 1.19 bits per heavy atom. The van der Waals surface area contributed by atoms with E-state index in [9.17, 15) is 4.79 Å². The fourth-order valence-electron chi connectivity index (χ4n) is 3.82. The maximum absolute atomic E-state index is 15.8. The van der Waals surface area contributed by atoms with Gasteiger partial charge in [0.2, 0.25) is 5.82 Å². The number of aromatic amines is 1. The zero-order chi connectivity index (χ0) is 22.7. The number of amides is 2. The summed E-state index contributed by atoms with van der Waals surface area (Å²) in [6.45, 7) is 3.47. The third-order valence-corrected chi connectivity index (χ3v) is 5.70. The van der Waals surface area contributed by atoms with Gasteiger partial charge < -0.3 is 19.7 Å². The smallest absolute Gasteiger partial charge is 0.321 e. The van der Waals surface area contributed by atoms with Crippen LogP contribution in [0.2, 0.25) is 0 Å². The van der Waals surface area contributed by atoms with Gasteiger partial charge in [0.25, 0.3) is 0 Å². The second kappa shape index (κ2) is 9.21. The van der Waals surface area contributed by atoms with Gasteiger partial charge in [0, 0.05) is 24.2 Å². The lowest BCUT2D eigenvalue weighted by atomic mass is 9.96. The maximum Gasteiger partial charge on any atom is 0.321 e. The first-order chi connectivity index (χ1) is 15.5. The van der Waals surface area contributed by atoms with Crippen molar-refractivity contribution in [2.45, 2.75) is 19.8 Å². The van der Waals surface area contributed by atoms with Crippen LogP contribution in [0.3, 0.4) is 0 Å². The summed E-state index contributed by atoms with van der Waals surface area (Å²) in [6, 6.07) is 8.23. The van der Waals surface area contributed by atoms with Crippen LogP contribution in [0.15, 0.2) is 30.3 Å². The topological polar surface area (TPSA) is 105 Å². The second-order valence-electron chi connectivity index (χ2n) is 7.76. The molecule has 2 aromatic carbocycles. The first-order valence-electron chi connectivity index (χ1n) is 10.4. The van der Waals surface area contributed by atoms with Crippen molar-refractivity contribution in [2.75, 3.05) is 32.6 Å². The van der Waals surface area contributed by atoms with E-state index in [-0.39, 0.29) is 28.9 Å². The molecule has 0 unspecified atom stereocenters.